The molecule has 4 unspecified atom stereocenters. The zero-order valence-electron chi connectivity index (χ0n) is 19.4. The Morgan fingerprint density at radius 3 is 2.81 bits per heavy atom. The summed E-state index contributed by atoms with van der Waals surface area (Å²) < 4.78 is 43.2. The molecule has 4 atom stereocenters. The number of hydrogen-bond acceptors (Lipinski definition) is 6. The van der Waals surface area contributed by atoms with E-state index in [2.05, 4.69) is 25.4 Å². The Morgan fingerprint density at radius 2 is 2.08 bits per heavy atom. The summed E-state index contributed by atoms with van der Waals surface area (Å²) >= 11 is 0. The van der Waals surface area contributed by atoms with Crippen LogP contribution in [0.5, 0.6) is 0 Å². The normalized spacial score (nSPS) is 28.8. The molecule has 4 aliphatic rings. The molecule has 2 fully saturated rings. The zero-order valence-corrected chi connectivity index (χ0v) is 19.4. The molecule has 1 spiro atoms. The monoisotopic (exact) mass is 498 g/mol. The van der Waals surface area contributed by atoms with Gasteiger partial charge in [0.15, 0.2) is 5.60 Å². The van der Waals surface area contributed by atoms with E-state index in [9.17, 15) is 18.0 Å². The van der Waals surface area contributed by atoms with Crippen LogP contribution in [0, 0.1) is 17.5 Å². The van der Waals surface area contributed by atoms with Crippen LogP contribution in [-0.2, 0) is 16.2 Å². The highest BCUT2D eigenvalue weighted by molar-refractivity contribution is 5.93. The number of carbonyl (C=O) groups is 1. The van der Waals surface area contributed by atoms with Crippen LogP contribution in [0.4, 0.5) is 13.2 Å². The Balaban J connectivity index is 1.29. The van der Waals surface area contributed by atoms with Gasteiger partial charge in [-0.2, -0.15) is 5.10 Å². The van der Waals surface area contributed by atoms with Crippen molar-refractivity contribution in [2.45, 2.75) is 50.0 Å². The molecule has 5 heterocycles. The fourth-order valence-electron chi connectivity index (χ4n) is 5.72. The zero-order chi connectivity index (χ0) is 24.9. The van der Waals surface area contributed by atoms with Crippen LogP contribution in [0.15, 0.2) is 59.3 Å². The number of oxime groups is 1. The lowest BCUT2D eigenvalue weighted by molar-refractivity contribution is -0.118. The number of piperazine rings is 1. The van der Waals surface area contributed by atoms with E-state index in [1.807, 2.05) is 29.2 Å². The second kappa shape index (κ2) is 8.81. The number of fused-ring (bicyclic) bond motifs is 5. The van der Waals surface area contributed by atoms with Crippen molar-refractivity contribution in [3.05, 3.63) is 77.2 Å². The van der Waals surface area contributed by atoms with E-state index in [0.717, 1.165) is 25.1 Å². The second-order valence-electron chi connectivity index (χ2n) is 9.55. The molecule has 0 aliphatic carbocycles. The first-order chi connectivity index (χ1) is 17.4. The molecule has 11 heteroatoms. The third kappa shape index (κ3) is 3.78. The number of allylic oxidation sites excluding steroid dienone is 1. The van der Waals surface area contributed by atoms with Crippen molar-refractivity contribution in [1.82, 2.24) is 24.9 Å². The minimum absolute atomic E-state index is 0.0874. The second-order valence-corrected chi connectivity index (χ2v) is 9.55. The summed E-state index contributed by atoms with van der Waals surface area (Å²) in [6, 6.07) is 3.00. The van der Waals surface area contributed by atoms with Crippen molar-refractivity contribution in [1.29, 1.82) is 0 Å². The van der Waals surface area contributed by atoms with E-state index in [1.165, 1.54) is 0 Å². The number of rotatable bonds is 4. The molecular formula is C25H25F3N6O2. The highest BCUT2D eigenvalue weighted by Crippen LogP contribution is 2.45. The summed E-state index contributed by atoms with van der Waals surface area (Å²) in [7, 11) is 0. The highest BCUT2D eigenvalue weighted by atomic mass is 19.1. The number of halogens is 3. The SMILES string of the molecule is O=C(NCc1c(F)cc(F)cc1F)C1=CN2C(=CC1)C(n1cccn1)N1CCCC3(CC=NO3)C2C1. The van der Waals surface area contributed by atoms with Crippen molar-refractivity contribution < 1.29 is 22.8 Å². The fourth-order valence-corrected chi connectivity index (χ4v) is 5.72. The van der Waals surface area contributed by atoms with Gasteiger partial charge in [0.05, 0.1) is 11.7 Å². The first kappa shape index (κ1) is 22.8. The molecule has 36 heavy (non-hydrogen) atoms. The predicted molar refractivity (Wildman–Crippen MR) is 124 cm³/mol. The summed E-state index contributed by atoms with van der Waals surface area (Å²) in [6.07, 6.45) is 11.9. The Kier molecular flexibility index (Phi) is 5.59. The highest BCUT2D eigenvalue weighted by Gasteiger charge is 2.53. The van der Waals surface area contributed by atoms with Gasteiger partial charge in [-0.1, -0.05) is 11.2 Å². The average Bonchev–Trinajstić information content (AvgIpc) is 3.52. The Hall–Kier alpha value is -3.60. The number of nitrogens with one attached hydrogen (secondary N) is 1. The van der Waals surface area contributed by atoms with Crippen LogP contribution < -0.4 is 5.32 Å². The number of benzene rings is 1. The molecule has 8 nitrogen and oxygen atoms in total. The van der Waals surface area contributed by atoms with Gasteiger partial charge in [-0.05, 0) is 25.3 Å². The molecule has 1 N–H and O–H groups in total. The molecule has 1 aromatic carbocycles. The molecule has 2 bridgehead atoms. The Labute approximate surface area is 205 Å². The van der Waals surface area contributed by atoms with Crippen LogP contribution in [0.3, 0.4) is 0 Å². The lowest BCUT2D eigenvalue weighted by atomic mass is 9.84. The summed E-state index contributed by atoms with van der Waals surface area (Å²) in [5.41, 5.74) is 0.564. The first-order valence-electron chi connectivity index (χ1n) is 12.0. The summed E-state index contributed by atoms with van der Waals surface area (Å²) in [5, 5.41) is 11.2. The molecule has 188 valence electrons. The molecule has 1 amide bonds. The lowest BCUT2D eigenvalue weighted by Gasteiger charge is -2.51. The van der Waals surface area contributed by atoms with Gasteiger partial charge in [0.25, 0.3) is 0 Å². The molecule has 2 saturated heterocycles. The maximum Gasteiger partial charge on any atom is 0.249 e. The third-order valence-corrected chi connectivity index (χ3v) is 7.47. The van der Waals surface area contributed by atoms with Crippen molar-refractivity contribution in [3.8, 4) is 0 Å². The van der Waals surface area contributed by atoms with Gasteiger partial charge >= 0.3 is 0 Å². The van der Waals surface area contributed by atoms with Gasteiger partial charge in [-0.25, -0.2) is 17.9 Å². The number of carbonyl (C=O) groups excluding carboxylic acids is 1. The maximum atomic E-state index is 14.0. The molecule has 1 aromatic heterocycles. The van der Waals surface area contributed by atoms with Gasteiger partial charge in [0.1, 0.15) is 23.6 Å². The molecular weight excluding hydrogens is 473 g/mol. The largest absolute Gasteiger partial charge is 0.387 e. The number of nitrogens with zero attached hydrogens (tertiary/aromatic N) is 5. The first-order valence-corrected chi connectivity index (χ1v) is 12.0. The summed E-state index contributed by atoms with van der Waals surface area (Å²) in [4.78, 5) is 23.5. The summed E-state index contributed by atoms with van der Waals surface area (Å²) in [5.74, 6) is -3.53. The topological polar surface area (TPSA) is 75.0 Å². The van der Waals surface area contributed by atoms with E-state index in [4.69, 9.17) is 4.84 Å². The molecule has 4 aliphatic heterocycles. The van der Waals surface area contributed by atoms with E-state index in [1.54, 1.807) is 12.4 Å². The predicted octanol–water partition coefficient (Wildman–Crippen LogP) is 3.21. The minimum Gasteiger partial charge on any atom is -0.387 e. The molecule has 0 saturated carbocycles. The van der Waals surface area contributed by atoms with Gasteiger partial charge in [0, 0.05) is 74.1 Å². The van der Waals surface area contributed by atoms with Crippen LogP contribution in [0.25, 0.3) is 0 Å². The maximum absolute atomic E-state index is 14.0. The van der Waals surface area contributed by atoms with E-state index < -0.39 is 35.5 Å². The standard InChI is InChI=1S/C25H25F3N6O2/c26-17-11-19(27)18(20(28)12-17)13-29-23(35)16-3-4-21-24(34-10-2-7-30-34)32-9-1-5-25(6-8-31-36-25)22(15-32)33(21)14-16/h2,4,7-8,10-12,14,22,24H,1,3,5-6,9,13,15H2,(H,29,35). The van der Waals surface area contributed by atoms with E-state index in [0.29, 0.717) is 37.1 Å². The van der Waals surface area contributed by atoms with Gasteiger partial charge < -0.3 is 15.1 Å². The van der Waals surface area contributed by atoms with Gasteiger partial charge in [0.2, 0.25) is 5.91 Å². The van der Waals surface area contributed by atoms with Crippen LogP contribution in [0.2, 0.25) is 0 Å². The van der Waals surface area contributed by atoms with Crippen molar-refractivity contribution in [3.63, 3.8) is 0 Å². The average molecular weight is 499 g/mol. The number of amides is 1. The van der Waals surface area contributed by atoms with Crippen LogP contribution in [-0.4, -0.2) is 56.4 Å². The minimum atomic E-state index is -1.04. The van der Waals surface area contributed by atoms with Gasteiger partial charge in [-0.15, -0.1) is 0 Å². The Bertz CT molecular complexity index is 1240. The quantitative estimate of drug-likeness (QED) is 0.701. The number of aromatic nitrogens is 2. The Morgan fingerprint density at radius 1 is 1.25 bits per heavy atom. The smallest absolute Gasteiger partial charge is 0.249 e. The third-order valence-electron chi connectivity index (χ3n) is 7.47. The van der Waals surface area contributed by atoms with Gasteiger partial charge in [-0.3, -0.25) is 9.69 Å². The molecule has 6 rings (SSSR count). The molecule has 2 aromatic rings. The van der Waals surface area contributed by atoms with Crippen molar-refractivity contribution >= 4 is 12.1 Å². The van der Waals surface area contributed by atoms with Crippen LogP contribution >= 0.6 is 0 Å². The summed E-state index contributed by atoms with van der Waals surface area (Å²) in [6.45, 7) is 1.19. The lowest BCUT2D eigenvalue weighted by Crippen LogP contribution is -2.60. The van der Waals surface area contributed by atoms with Crippen LogP contribution in [0.1, 0.15) is 37.4 Å². The van der Waals surface area contributed by atoms with E-state index >= 15 is 0 Å². The number of hydrogen-bond donors (Lipinski definition) is 1. The molecule has 0 radical (unpaired) electrons. The van der Waals surface area contributed by atoms with E-state index in [-0.39, 0.29) is 17.8 Å². The fraction of sp³-hybridized carbons (Fsp3) is 0.400. The van der Waals surface area contributed by atoms with Crippen molar-refractivity contribution in [2.24, 2.45) is 5.16 Å². The van der Waals surface area contributed by atoms with Crippen molar-refractivity contribution in [2.75, 3.05) is 13.1 Å².